The second-order valence-corrected chi connectivity index (χ2v) is 5.49. The quantitative estimate of drug-likeness (QED) is 0.810. The SMILES string of the molecule is CCNC(=O)c1cc(COc2cccc(SC(F)(F)F)c2)on1. The van der Waals surface area contributed by atoms with Crippen molar-refractivity contribution in [1.29, 1.82) is 0 Å². The molecule has 0 bridgehead atoms. The van der Waals surface area contributed by atoms with Crippen molar-refractivity contribution in [3.63, 3.8) is 0 Å². The maximum absolute atomic E-state index is 12.3. The number of alkyl halides is 3. The lowest BCUT2D eigenvalue weighted by molar-refractivity contribution is -0.0328. The summed E-state index contributed by atoms with van der Waals surface area (Å²) >= 11 is -0.219. The van der Waals surface area contributed by atoms with Crippen LogP contribution >= 0.6 is 11.8 Å². The maximum atomic E-state index is 12.3. The molecule has 1 aromatic carbocycles. The molecule has 0 fully saturated rings. The molecule has 1 N–H and O–H groups in total. The number of aromatic nitrogens is 1. The van der Waals surface area contributed by atoms with E-state index in [0.717, 1.165) is 0 Å². The minimum atomic E-state index is -4.36. The third-order valence-corrected chi connectivity index (χ3v) is 3.27. The summed E-state index contributed by atoms with van der Waals surface area (Å²) in [5.41, 5.74) is -4.24. The van der Waals surface area contributed by atoms with Crippen molar-refractivity contribution >= 4 is 17.7 Å². The maximum Gasteiger partial charge on any atom is 0.446 e. The lowest BCUT2D eigenvalue weighted by Crippen LogP contribution is -2.22. The van der Waals surface area contributed by atoms with Gasteiger partial charge in [-0.05, 0) is 36.9 Å². The van der Waals surface area contributed by atoms with Gasteiger partial charge in [-0.2, -0.15) is 13.2 Å². The highest BCUT2D eigenvalue weighted by Crippen LogP contribution is 2.37. The van der Waals surface area contributed by atoms with Gasteiger partial charge >= 0.3 is 5.51 Å². The van der Waals surface area contributed by atoms with Crippen LogP contribution in [0.4, 0.5) is 13.2 Å². The van der Waals surface area contributed by atoms with E-state index in [9.17, 15) is 18.0 Å². The number of hydrogen-bond acceptors (Lipinski definition) is 5. The Labute approximate surface area is 134 Å². The molecule has 1 amide bonds. The van der Waals surface area contributed by atoms with E-state index in [1.165, 1.54) is 30.3 Å². The molecule has 0 saturated heterocycles. The van der Waals surface area contributed by atoms with Crippen molar-refractivity contribution in [2.45, 2.75) is 23.9 Å². The summed E-state index contributed by atoms with van der Waals surface area (Å²) in [6.45, 7) is 2.18. The molecule has 0 aliphatic heterocycles. The molecule has 9 heteroatoms. The summed E-state index contributed by atoms with van der Waals surface area (Å²) in [5, 5.41) is 6.16. The van der Waals surface area contributed by atoms with Crippen LogP contribution in [0.5, 0.6) is 5.75 Å². The average Bonchev–Trinajstić information content (AvgIpc) is 2.93. The predicted octanol–water partition coefficient (Wildman–Crippen LogP) is 3.62. The van der Waals surface area contributed by atoms with Gasteiger partial charge in [-0.1, -0.05) is 11.2 Å². The highest BCUT2D eigenvalue weighted by molar-refractivity contribution is 8.00. The molecule has 23 heavy (non-hydrogen) atoms. The minimum Gasteiger partial charge on any atom is -0.486 e. The Balaban J connectivity index is 1.96. The van der Waals surface area contributed by atoms with Crippen LogP contribution in [0.3, 0.4) is 0 Å². The molecule has 2 rings (SSSR count). The zero-order chi connectivity index (χ0) is 16.9. The first kappa shape index (κ1) is 17.2. The topological polar surface area (TPSA) is 64.4 Å². The number of carbonyl (C=O) groups excluding carboxylic acids is 1. The molecule has 0 unspecified atom stereocenters. The Hall–Kier alpha value is -2.16. The number of nitrogens with one attached hydrogen (secondary N) is 1. The first-order valence-electron chi connectivity index (χ1n) is 6.60. The lowest BCUT2D eigenvalue weighted by atomic mass is 10.3. The first-order chi connectivity index (χ1) is 10.9. The van der Waals surface area contributed by atoms with E-state index in [0.29, 0.717) is 12.3 Å². The first-order valence-corrected chi connectivity index (χ1v) is 7.41. The number of hydrogen-bond donors (Lipinski definition) is 1. The van der Waals surface area contributed by atoms with E-state index in [1.54, 1.807) is 6.92 Å². The van der Waals surface area contributed by atoms with E-state index in [4.69, 9.17) is 9.26 Å². The lowest BCUT2D eigenvalue weighted by Gasteiger charge is -2.08. The average molecular weight is 346 g/mol. The van der Waals surface area contributed by atoms with Gasteiger partial charge in [0.15, 0.2) is 11.5 Å². The van der Waals surface area contributed by atoms with E-state index in [2.05, 4.69) is 10.5 Å². The molecule has 0 atom stereocenters. The van der Waals surface area contributed by atoms with Gasteiger partial charge in [0.05, 0.1) is 0 Å². The number of ether oxygens (including phenoxy) is 1. The number of halogens is 3. The number of carbonyl (C=O) groups is 1. The number of amides is 1. The molecule has 2 aromatic rings. The van der Waals surface area contributed by atoms with Crippen molar-refractivity contribution in [2.24, 2.45) is 0 Å². The van der Waals surface area contributed by atoms with Crippen LogP contribution in [-0.4, -0.2) is 23.1 Å². The summed E-state index contributed by atoms with van der Waals surface area (Å²) in [5.74, 6) is 0.182. The third kappa shape index (κ3) is 5.51. The molecule has 0 radical (unpaired) electrons. The fraction of sp³-hybridized carbons (Fsp3) is 0.286. The highest BCUT2D eigenvalue weighted by Gasteiger charge is 2.29. The van der Waals surface area contributed by atoms with Crippen LogP contribution in [0, 0.1) is 0 Å². The van der Waals surface area contributed by atoms with Crippen LogP contribution in [0.1, 0.15) is 23.2 Å². The molecule has 5 nitrogen and oxygen atoms in total. The van der Waals surface area contributed by atoms with Crippen LogP contribution in [-0.2, 0) is 6.61 Å². The van der Waals surface area contributed by atoms with Crippen molar-refractivity contribution in [3.8, 4) is 5.75 Å². The van der Waals surface area contributed by atoms with Crippen LogP contribution in [0.25, 0.3) is 0 Å². The highest BCUT2D eigenvalue weighted by atomic mass is 32.2. The zero-order valence-corrected chi connectivity index (χ0v) is 12.8. The fourth-order valence-corrected chi connectivity index (χ4v) is 2.24. The fourth-order valence-electron chi connectivity index (χ4n) is 1.65. The molecule has 0 aliphatic carbocycles. The van der Waals surface area contributed by atoms with Crippen LogP contribution in [0.2, 0.25) is 0 Å². The molecule has 0 aliphatic rings. The number of rotatable bonds is 6. The van der Waals surface area contributed by atoms with E-state index in [-0.39, 0.29) is 40.6 Å². The van der Waals surface area contributed by atoms with Gasteiger partial charge in [-0.15, -0.1) is 0 Å². The normalized spacial score (nSPS) is 11.3. The molecule has 124 valence electrons. The molecule has 1 aromatic heterocycles. The van der Waals surface area contributed by atoms with E-state index < -0.39 is 5.51 Å². The molecular weight excluding hydrogens is 333 g/mol. The van der Waals surface area contributed by atoms with Crippen LogP contribution in [0.15, 0.2) is 39.8 Å². The summed E-state index contributed by atoms with van der Waals surface area (Å²) < 4.78 is 47.3. The monoisotopic (exact) mass is 346 g/mol. The Morgan fingerprint density at radius 2 is 2.17 bits per heavy atom. The van der Waals surface area contributed by atoms with Crippen molar-refractivity contribution in [2.75, 3.05) is 6.54 Å². The largest absolute Gasteiger partial charge is 0.486 e. The molecule has 0 saturated carbocycles. The Bertz CT molecular complexity index is 673. The zero-order valence-electron chi connectivity index (χ0n) is 12.0. The summed E-state index contributed by atoms with van der Waals surface area (Å²) in [6, 6.07) is 7.02. The smallest absolute Gasteiger partial charge is 0.446 e. The second kappa shape index (κ2) is 7.40. The summed E-state index contributed by atoms with van der Waals surface area (Å²) in [4.78, 5) is 11.5. The van der Waals surface area contributed by atoms with Gasteiger partial charge in [0, 0.05) is 17.5 Å². The predicted molar refractivity (Wildman–Crippen MR) is 77.2 cm³/mol. The van der Waals surface area contributed by atoms with E-state index in [1.807, 2.05) is 0 Å². The van der Waals surface area contributed by atoms with Crippen molar-refractivity contribution in [3.05, 3.63) is 41.8 Å². The number of nitrogens with zero attached hydrogens (tertiary/aromatic N) is 1. The molecular formula is C14H13F3N2O3S. The molecule has 0 spiro atoms. The van der Waals surface area contributed by atoms with Crippen LogP contribution < -0.4 is 10.1 Å². The van der Waals surface area contributed by atoms with Gasteiger partial charge in [-0.25, -0.2) is 0 Å². The van der Waals surface area contributed by atoms with Gasteiger partial charge in [0.1, 0.15) is 12.4 Å². The standard InChI is InChI=1S/C14H13F3N2O3S/c1-2-18-13(20)12-7-10(22-19-12)8-21-9-4-3-5-11(6-9)23-14(15,16)17/h3-7H,2,8H2,1H3,(H,18,20). The van der Waals surface area contributed by atoms with Gasteiger partial charge < -0.3 is 14.6 Å². The Morgan fingerprint density at radius 1 is 1.39 bits per heavy atom. The van der Waals surface area contributed by atoms with Gasteiger partial charge in [0.25, 0.3) is 5.91 Å². The Morgan fingerprint density at radius 3 is 2.87 bits per heavy atom. The number of benzene rings is 1. The summed E-state index contributed by atoms with van der Waals surface area (Å²) in [7, 11) is 0. The van der Waals surface area contributed by atoms with Crippen molar-refractivity contribution in [1.82, 2.24) is 10.5 Å². The Kier molecular flexibility index (Phi) is 5.54. The second-order valence-electron chi connectivity index (χ2n) is 4.35. The number of thioether (sulfide) groups is 1. The molecule has 1 heterocycles. The van der Waals surface area contributed by atoms with Gasteiger partial charge in [0.2, 0.25) is 0 Å². The minimum absolute atomic E-state index is 0.0237. The summed E-state index contributed by atoms with van der Waals surface area (Å²) in [6.07, 6.45) is 0. The third-order valence-electron chi connectivity index (χ3n) is 2.55. The van der Waals surface area contributed by atoms with Crippen molar-refractivity contribution < 1.29 is 27.2 Å². The van der Waals surface area contributed by atoms with Gasteiger partial charge in [-0.3, -0.25) is 4.79 Å². The van der Waals surface area contributed by atoms with E-state index >= 15 is 0 Å².